The van der Waals surface area contributed by atoms with Gasteiger partial charge in [-0.25, -0.2) is 8.42 Å². The van der Waals surface area contributed by atoms with Crippen LogP contribution in [0.2, 0.25) is 0 Å². The Balaban J connectivity index is 2.52. The Morgan fingerprint density at radius 3 is 2.65 bits per heavy atom. The quantitative estimate of drug-likeness (QED) is 0.691. The van der Waals surface area contributed by atoms with E-state index in [2.05, 4.69) is 31.0 Å². The zero-order chi connectivity index (χ0) is 15.2. The molecule has 1 rings (SSSR count). The first-order valence-electron chi connectivity index (χ1n) is 7.64. The predicted molar refractivity (Wildman–Crippen MR) is 89.1 cm³/mol. The lowest BCUT2D eigenvalue weighted by Gasteiger charge is -2.39. The third-order valence-corrected chi connectivity index (χ3v) is 7.10. The molecule has 6 heteroatoms. The molecule has 120 valence electrons. The molecule has 1 fully saturated rings. The molecule has 0 aromatic carbocycles. The monoisotopic (exact) mass is 322 g/mol. The maximum absolute atomic E-state index is 12.2. The lowest BCUT2D eigenvalue weighted by molar-refractivity contribution is 0.194. The molecular weight excluding hydrogens is 292 g/mol. The minimum atomic E-state index is -2.97. The van der Waals surface area contributed by atoms with Crippen molar-refractivity contribution in [2.45, 2.75) is 45.5 Å². The molecule has 0 amide bonds. The van der Waals surface area contributed by atoms with Crippen LogP contribution in [-0.4, -0.2) is 61.6 Å². The largest absolute Gasteiger partial charge is 0.316 e. The lowest BCUT2D eigenvalue weighted by Crippen LogP contribution is -2.52. The van der Waals surface area contributed by atoms with E-state index in [9.17, 15) is 8.42 Å². The second-order valence-electron chi connectivity index (χ2n) is 5.95. The van der Waals surface area contributed by atoms with Crippen molar-refractivity contribution in [3.8, 4) is 0 Å². The molecule has 4 nitrogen and oxygen atoms in total. The van der Waals surface area contributed by atoms with Crippen molar-refractivity contribution in [1.82, 2.24) is 10.2 Å². The van der Waals surface area contributed by atoms with E-state index in [-0.39, 0.29) is 11.1 Å². The highest BCUT2D eigenvalue weighted by Gasteiger charge is 2.34. The van der Waals surface area contributed by atoms with Crippen LogP contribution in [0.25, 0.3) is 0 Å². The Kier molecular flexibility index (Phi) is 7.87. The summed E-state index contributed by atoms with van der Waals surface area (Å²) in [5.74, 6) is 2.66. The van der Waals surface area contributed by atoms with Crippen molar-refractivity contribution in [3.63, 3.8) is 0 Å². The molecule has 1 aliphatic rings. The fraction of sp³-hybridized carbons (Fsp3) is 1.00. The highest BCUT2D eigenvalue weighted by Crippen LogP contribution is 2.24. The molecule has 1 aliphatic heterocycles. The summed E-state index contributed by atoms with van der Waals surface area (Å²) in [6.45, 7) is 11.2. The summed E-state index contributed by atoms with van der Waals surface area (Å²) >= 11 is 1.76. The number of hydrogen-bond donors (Lipinski definition) is 1. The molecule has 0 aromatic heterocycles. The van der Waals surface area contributed by atoms with E-state index < -0.39 is 9.84 Å². The summed E-state index contributed by atoms with van der Waals surface area (Å²) in [6, 6.07) is 0.321. The van der Waals surface area contributed by atoms with Crippen LogP contribution < -0.4 is 5.32 Å². The standard InChI is InChI=1S/C14H30N2O2S2/c1-5-20(17,18)14-11-19-9-8-16(14)13(4)6-7-15-10-12(2)3/h12-15H,5-11H2,1-4H3. The van der Waals surface area contributed by atoms with Crippen molar-refractivity contribution in [2.75, 3.05) is 36.9 Å². The van der Waals surface area contributed by atoms with Gasteiger partial charge in [-0.1, -0.05) is 20.8 Å². The van der Waals surface area contributed by atoms with E-state index in [1.807, 2.05) is 0 Å². The van der Waals surface area contributed by atoms with Gasteiger partial charge in [0.05, 0.1) is 0 Å². The van der Waals surface area contributed by atoms with Gasteiger partial charge in [0.15, 0.2) is 9.84 Å². The van der Waals surface area contributed by atoms with Gasteiger partial charge in [-0.2, -0.15) is 11.8 Å². The van der Waals surface area contributed by atoms with Crippen molar-refractivity contribution in [3.05, 3.63) is 0 Å². The minimum absolute atomic E-state index is 0.243. The van der Waals surface area contributed by atoms with Crippen LogP contribution in [0.1, 0.15) is 34.1 Å². The van der Waals surface area contributed by atoms with Crippen molar-refractivity contribution in [2.24, 2.45) is 5.92 Å². The van der Waals surface area contributed by atoms with Crippen LogP contribution in [0.5, 0.6) is 0 Å². The molecule has 1 saturated heterocycles. The van der Waals surface area contributed by atoms with Crippen LogP contribution in [0.4, 0.5) is 0 Å². The fourth-order valence-electron chi connectivity index (χ4n) is 2.47. The van der Waals surface area contributed by atoms with Gasteiger partial charge in [-0.05, 0) is 32.4 Å². The molecular formula is C14H30N2O2S2. The van der Waals surface area contributed by atoms with Crippen LogP contribution in [0, 0.1) is 5.92 Å². The maximum atomic E-state index is 12.2. The normalized spacial score (nSPS) is 23.1. The molecule has 2 unspecified atom stereocenters. The highest BCUT2D eigenvalue weighted by atomic mass is 32.2. The molecule has 0 bridgehead atoms. The Morgan fingerprint density at radius 1 is 1.35 bits per heavy atom. The molecule has 1 heterocycles. The van der Waals surface area contributed by atoms with Crippen LogP contribution in [0.15, 0.2) is 0 Å². The first-order chi connectivity index (χ1) is 9.38. The summed E-state index contributed by atoms with van der Waals surface area (Å²) < 4.78 is 24.4. The molecule has 0 radical (unpaired) electrons. The van der Waals surface area contributed by atoms with E-state index in [0.717, 1.165) is 37.6 Å². The van der Waals surface area contributed by atoms with Gasteiger partial charge in [0.2, 0.25) is 0 Å². The smallest absolute Gasteiger partial charge is 0.166 e. The van der Waals surface area contributed by atoms with Gasteiger partial charge in [0.1, 0.15) is 5.37 Å². The zero-order valence-corrected chi connectivity index (χ0v) is 14.9. The molecule has 0 aromatic rings. The number of thioether (sulfide) groups is 1. The molecule has 2 atom stereocenters. The highest BCUT2D eigenvalue weighted by molar-refractivity contribution is 8.01. The van der Waals surface area contributed by atoms with E-state index in [1.165, 1.54) is 0 Å². The topological polar surface area (TPSA) is 49.4 Å². The summed E-state index contributed by atoms with van der Waals surface area (Å²) in [5.41, 5.74) is 0. The Hall–Kier alpha value is 0.220. The number of hydrogen-bond acceptors (Lipinski definition) is 5. The fourth-order valence-corrected chi connectivity index (χ4v) is 5.60. The average molecular weight is 323 g/mol. The Labute approximate surface area is 129 Å². The summed E-state index contributed by atoms with van der Waals surface area (Å²) in [5, 5.41) is 3.16. The van der Waals surface area contributed by atoms with Gasteiger partial charge >= 0.3 is 0 Å². The maximum Gasteiger partial charge on any atom is 0.166 e. The number of nitrogens with one attached hydrogen (secondary N) is 1. The summed E-state index contributed by atoms with van der Waals surface area (Å²) in [6.07, 6.45) is 1.01. The SMILES string of the molecule is CCS(=O)(=O)C1CSCCN1C(C)CCNCC(C)C. The number of rotatable bonds is 8. The van der Waals surface area contributed by atoms with Crippen molar-refractivity contribution in [1.29, 1.82) is 0 Å². The van der Waals surface area contributed by atoms with E-state index in [0.29, 0.717) is 12.0 Å². The zero-order valence-electron chi connectivity index (χ0n) is 13.3. The van der Waals surface area contributed by atoms with Gasteiger partial charge in [-0.3, -0.25) is 4.90 Å². The van der Waals surface area contributed by atoms with Gasteiger partial charge in [0, 0.05) is 29.8 Å². The Bertz CT molecular complexity index is 371. The Morgan fingerprint density at radius 2 is 2.05 bits per heavy atom. The van der Waals surface area contributed by atoms with E-state index in [4.69, 9.17) is 0 Å². The second-order valence-corrected chi connectivity index (χ2v) is 9.55. The molecule has 0 aliphatic carbocycles. The third kappa shape index (κ3) is 5.54. The molecule has 1 N–H and O–H groups in total. The van der Waals surface area contributed by atoms with Crippen molar-refractivity contribution >= 4 is 21.6 Å². The summed E-state index contributed by atoms with van der Waals surface area (Å²) in [4.78, 5) is 2.20. The van der Waals surface area contributed by atoms with Gasteiger partial charge < -0.3 is 5.32 Å². The second kappa shape index (κ2) is 8.61. The first-order valence-corrected chi connectivity index (χ1v) is 10.5. The average Bonchev–Trinajstić information content (AvgIpc) is 2.43. The van der Waals surface area contributed by atoms with Gasteiger partial charge in [-0.15, -0.1) is 0 Å². The molecule has 0 spiro atoms. The summed E-state index contributed by atoms with van der Waals surface area (Å²) in [7, 11) is -2.97. The first kappa shape index (κ1) is 18.3. The van der Waals surface area contributed by atoms with E-state index in [1.54, 1.807) is 18.7 Å². The predicted octanol–water partition coefficient (Wildman–Crippen LogP) is 1.82. The van der Waals surface area contributed by atoms with Crippen LogP contribution >= 0.6 is 11.8 Å². The van der Waals surface area contributed by atoms with Crippen LogP contribution in [0.3, 0.4) is 0 Å². The lowest BCUT2D eigenvalue weighted by atomic mass is 10.2. The van der Waals surface area contributed by atoms with E-state index >= 15 is 0 Å². The molecule has 0 saturated carbocycles. The third-order valence-electron chi connectivity index (χ3n) is 3.80. The van der Waals surface area contributed by atoms with Crippen molar-refractivity contribution < 1.29 is 8.42 Å². The van der Waals surface area contributed by atoms with Crippen LogP contribution in [-0.2, 0) is 9.84 Å². The van der Waals surface area contributed by atoms with Gasteiger partial charge in [0.25, 0.3) is 0 Å². The minimum Gasteiger partial charge on any atom is -0.316 e. The number of nitrogens with zero attached hydrogens (tertiary/aromatic N) is 1. The number of sulfone groups is 1. The molecule has 20 heavy (non-hydrogen) atoms.